The van der Waals surface area contributed by atoms with Gasteiger partial charge in [-0.05, 0) is 38.7 Å². The highest BCUT2D eigenvalue weighted by molar-refractivity contribution is 5.76. The van der Waals surface area contributed by atoms with Gasteiger partial charge in [-0.15, -0.1) is 0 Å². The number of anilines is 1. The van der Waals surface area contributed by atoms with Gasteiger partial charge in [0.1, 0.15) is 12.4 Å². The van der Waals surface area contributed by atoms with Crippen molar-refractivity contribution >= 4 is 17.7 Å². The highest BCUT2D eigenvalue weighted by atomic mass is 16.5. The van der Waals surface area contributed by atoms with Gasteiger partial charge in [0.05, 0.1) is 12.5 Å². The Bertz CT molecular complexity index is 492. The Labute approximate surface area is 123 Å². The lowest BCUT2D eigenvalue weighted by molar-refractivity contribution is -0.149. The Kier molecular flexibility index (Phi) is 5.19. The first-order valence-electron chi connectivity index (χ1n) is 7.33. The van der Waals surface area contributed by atoms with Gasteiger partial charge in [-0.1, -0.05) is 0 Å². The highest BCUT2D eigenvalue weighted by Gasteiger charge is 2.27. The van der Waals surface area contributed by atoms with Crippen LogP contribution < -0.4 is 11.1 Å². The smallest absolute Gasteiger partial charge is 0.308 e. The quantitative estimate of drug-likeness (QED) is 0.779. The van der Waals surface area contributed by atoms with Crippen LogP contribution >= 0.6 is 0 Å². The topological polar surface area (TPSA) is 99.2 Å². The van der Waals surface area contributed by atoms with Crippen LogP contribution in [0.2, 0.25) is 0 Å². The van der Waals surface area contributed by atoms with Gasteiger partial charge in [0, 0.05) is 12.2 Å². The van der Waals surface area contributed by atoms with E-state index in [2.05, 4.69) is 10.4 Å². The molecule has 3 N–H and O–H groups in total. The van der Waals surface area contributed by atoms with E-state index in [0.29, 0.717) is 12.4 Å². The molecule has 0 aromatic carbocycles. The van der Waals surface area contributed by atoms with E-state index < -0.39 is 0 Å². The maximum absolute atomic E-state index is 11.9. The summed E-state index contributed by atoms with van der Waals surface area (Å²) in [6.45, 7) is 2.39. The number of hydrogen-bond donors (Lipinski definition) is 2. The molecule has 21 heavy (non-hydrogen) atoms. The van der Waals surface area contributed by atoms with Gasteiger partial charge in [-0.25, -0.2) is 0 Å². The summed E-state index contributed by atoms with van der Waals surface area (Å²) in [4.78, 5) is 23.5. The standard InChI is InChI=1S/C14H22N4O3/c1-2-21-14(20)10-3-5-11(6-4-10)16-13(19)9-18-8-7-12(15)17-18/h7-8,10-11H,2-6,9H2,1H3,(H2,15,17)(H,16,19). The lowest BCUT2D eigenvalue weighted by Gasteiger charge is -2.27. The molecule has 116 valence electrons. The molecule has 1 aliphatic rings. The Morgan fingerprint density at radius 3 is 2.71 bits per heavy atom. The maximum atomic E-state index is 11.9. The fourth-order valence-electron chi connectivity index (χ4n) is 2.62. The lowest BCUT2D eigenvalue weighted by Crippen LogP contribution is -2.40. The largest absolute Gasteiger partial charge is 0.466 e. The second-order valence-electron chi connectivity index (χ2n) is 5.31. The van der Waals surface area contributed by atoms with Crippen molar-refractivity contribution in [3.05, 3.63) is 12.3 Å². The van der Waals surface area contributed by atoms with Crippen LogP contribution in [-0.4, -0.2) is 34.3 Å². The number of esters is 1. The van der Waals surface area contributed by atoms with Gasteiger partial charge in [0.2, 0.25) is 5.91 Å². The predicted molar refractivity (Wildman–Crippen MR) is 77.2 cm³/mol. The zero-order chi connectivity index (χ0) is 15.2. The summed E-state index contributed by atoms with van der Waals surface area (Å²) >= 11 is 0. The first-order chi connectivity index (χ1) is 10.1. The fraction of sp³-hybridized carbons (Fsp3) is 0.643. The van der Waals surface area contributed by atoms with Gasteiger partial charge in [-0.2, -0.15) is 5.10 Å². The lowest BCUT2D eigenvalue weighted by atomic mass is 9.86. The molecule has 1 aromatic rings. The number of amides is 1. The van der Waals surface area contributed by atoms with Gasteiger partial charge >= 0.3 is 5.97 Å². The summed E-state index contributed by atoms with van der Waals surface area (Å²) in [6.07, 6.45) is 4.80. The molecule has 0 bridgehead atoms. The molecule has 0 unspecified atom stereocenters. The third-order valence-electron chi connectivity index (χ3n) is 3.68. The number of aromatic nitrogens is 2. The van der Waals surface area contributed by atoms with Gasteiger partial charge < -0.3 is 15.8 Å². The SMILES string of the molecule is CCOC(=O)C1CCC(NC(=O)Cn2ccc(N)n2)CC1. The van der Waals surface area contributed by atoms with Crippen molar-refractivity contribution < 1.29 is 14.3 Å². The zero-order valence-corrected chi connectivity index (χ0v) is 12.2. The van der Waals surface area contributed by atoms with Crippen molar-refractivity contribution in [3.63, 3.8) is 0 Å². The van der Waals surface area contributed by atoms with Gasteiger partial charge in [0.15, 0.2) is 0 Å². The molecule has 0 radical (unpaired) electrons. The van der Waals surface area contributed by atoms with Crippen LogP contribution in [0, 0.1) is 5.92 Å². The van der Waals surface area contributed by atoms with E-state index >= 15 is 0 Å². The van der Waals surface area contributed by atoms with Crippen LogP contribution in [0.1, 0.15) is 32.6 Å². The summed E-state index contributed by atoms with van der Waals surface area (Å²) in [5.74, 6) is 0.175. The van der Waals surface area contributed by atoms with Crippen LogP contribution in [0.4, 0.5) is 5.82 Å². The van der Waals surface area contributed by atoms with Crippen LogP contribution in [0.3, 0.4) is 0 Å². The van der Waals surface area contributed by atoms with Crippen molar-refractivity contribution in [1.82, 2.24) is 15.1 Å². The van der Waals surface area contributed by atoms with E-state index in [4.69, 9.17) is 10.5 Å². The van der Waals surface area contributed by atoms with E-state index in [-0.39, 0.29) is 30.4 Å². The van der Waals surface area contributed by atoms with Crippen molar-refractivity contribution in [2.45, 2.75) is 45.2 Å². The van der Waals surface area contributed by atoms with Crippen molar-refractivity contribution in [3.8, 4) is 0 Å². The number of nitrogens with two attached hydrogens (primary N) is 1. The third kappa shape index (κ3) is 4.47. The molecule has 0 atom stereocenters. The maximum Gasteiger partial charge on any atom is 0.308 e. The zero-order valence-electron chi connectivity index (χ0n) is 12.2. The number of hydrogen-bond acceptors (Lipinski definition) is 5. The molecule has 1 amide bonds. The normalized spacial score (nSPS) is 21.8. The number of rotatable bonds is 5. The summed E-state index contributed by atoms with van der Waals surface area (Å²) in [7, 11) is 0. The predicted octanol–water partition coefficient (Wildman–Crippen LogP) is 0.703. The average molecular weight is 294 g/mol. The van der Waals surface area contributed by atoms with E-state index in [1.54, 1.807) is 12.3 Å². The third-order valence-corrected chi connectivity index (χ3v) is 3.68. The minimum absolute atomic E-state index is 0.0241. The van der Waals surface area contributed by atoms with Crippen LogP contribution in [-0.2, 0) is 20.9 Å². The Morgan fingerprint density at radius 2 is 2.14 bits per heavy atom. The van der Waals surface area contributed by atoms with Crippen LogP contribution in [0.5, 0.6) is 0 Å². The molecular formula is C14H22N4O3. The number of nitrogens with zero attached hydrogens (tertiary/aromatic N) is 2. The number of nitrogen functional groups attached to an aromatic ring is 1. The summed E-state index contributed by atoms with van der Waals surface area (Å²) in [5.41, 5.74) is 5.50. The Morgan fingerprint density at radius 1 is 1.43 bits per heavy atom. The number of carbonyl (C=O) groups is 2. The first-order valence-corrected chi connectivity index (χ1v) is 7.33. The number of nitrogens with one attached hydrogen (secondary N) is 1. The number of carbonyl (C=O) groups excluding carboxylic acids is 2. The van der Waals surface area contributed by atoms with Crippen molar-refractivity contribution in [1.29, 1.82) is 0 Å². The molecule has 1 aromatic heterocycles. The van der Waals surface area contributed by atoms with Crippen LogP contribution in [0.25, 0.3) is 0 Å². The molecule has 0 saturated heterocycles. The minimum atomic E-state index is -0.116. The first kappa shape index (κ1) is 15.3. The summed E-state index contributed by atoms with van der Waals surface area (Å²) in [6, 6.07) is 1.77. The Balaban J connectivity index is 1.73. The molecule has 7 nitrogen and oxygen atoms in total. The summed E-state index contributed by atoms with van der Waals surface area (Å²) < 4.78 is 6.54. The van der Waals surface area contributed by atoms with Crippen LogP contribution in [0.15, 0.2) is 12.3 Å². The molecule has 2 rings (SSSR count). The molecule has 1 aliphatic carbocycles. The van der Waals surface area contributed by atoms with E-state index in [9.17, 15) is 9.59 Å². The molecule has 1 fully saturated rings. The highest BCUT2D eigenvalue weighted by Crippen LogP contribution is 2.25. The minimum Gasteiger partial charge on any atom is -0.466 e. The second-order valence-corrected chi connectivity index (χ2v) is 5.31. The number of ether oxygens (including phenoxy) is 1. The van der Waals surface area contributed by atoms with Crippen molar-refractivity contribution in [2.24, 2.45) is 5.92 Å². The molecule has 1 saturated carbocycles. The summed E-state index contributed by atoms with van der Waals surface area (Å²) in [5, 5.41) is 6.95. The molecule has 7 heteroatoms. The van der Waals surface area contributed by atoms with Gasteiger partial charge in [-0.3, -0.25) is 14.3 Å². The van der Waals surface area contributed by atoms with E-state index in [0.717, 1.165) is 25.7 Å². The molecule has 0 aliphatic heterocycles. The molecule has 1 heterocycles. The van der Waals surface area contributed by atoms with Crippen molar-refractivity contribution in [2.75, 3.05) is 12.3 Å². The average Bonchev–Trinajstić information content (AvgIpc) is 2.85. The Hall–Kier alpha value is -2.05. The monoisotopic (exact) mass is 294 g/mol. The molecule has 0 spiro atoms. The molecular weight excluding hydrogens is 272 g/mol. The van der Waals surface area contributed by atoms with Gasteiger partial charge in [0.25, 0.3) is 0 Å². The van der Waals surface area contributed by atoms with E-state index in [1.807, 2.05) is 6.92 Å². The van der Waals surface area contributed by atoms with E-state index in [1.165, 1.54) is 4.68 Å². The fourth-order valence-corrected chi connectivity index (χ4v) is 2.62. The second kappa shape index (κ2) is 7.10.